The van der Waals surface area contributed by atoms with Crippen LogP contribution in [0.2, 0.25) is 0 Å². The van der Waals surface area contributed by atoms with Crippen molar-refractivity contribution < 1.29 is 12.8 Å². The molecule has 0 unspecified atom stereocenters. The predicted molar refractivity (Wildman–Crippen MR) is 82.1 cm³/mol. The van der Waals surface area contributed by atoms with E-state index in [2.05, 4.69) is 0 Å². The molecule has 0 saturated heterocycles. The molecule has 0 fully saturated rings. The molecule has 1 rings (SSSR count). The summed E-state index contributed by atoms with van der Waals surface area (Å²) in [7, 11) is -2.88. The number of hydrogen-bond acceptors (Lipinski definition) is 2. The first-order valence-corrected chi connectivity index (χ1v) is 9.09. The van der Waals surface area contributed by atoms with Crippen molar-refractivity contribution >= 4 is 9.84 Å². The molecule has 0 aliphatic heterocycles. The molecule has 0 aliphatic carbocycles. The van der Waals surface area contributed by atoms with E-state index in [1.54, 1.807) is 26.0 Å². The van der Waals surface area contributed by atoms with Crippen molar-refractivity contribution in [3.8, 4) is 0 Å². The van der Waals surface area contributed by atoms with Crippen LogP contribution in [-0.4, -0.2) is 19.4 Å². The van der Waals surface area contributed by atoms with Crippen LogP contribution in [0, 0.1) is 5.82 Å². The third-order valence-corrected chi connectivity index (χ3v) is 5.80. The van der Waals surface area contributed by atoms with Gasteiger partial charge in [-0.2, -0.15) is 0 Å². The number of unbranched alkanes of at least 4 members (excludes halogenated alkanes) is 4. The Morgan fingerprint density at radius 2 is 1.70 bits per heavy atom. The van der Waals surface area contributed by atoms with Crippen LogP contribution in [-0.2, 0) is 16.3 Å². The Morgan fingerprint density at radius 1 is 1.05 bits per heavy atom. The molecule has 0 bridgehead atoms. The summed E-state index contributed by atoms with van der Waals surface area (Å²) < 4.78 is 36.2. The zero-order chi connectivity index (χ0) is 15.0. The Morgan fingerprint density at radius 3 is 2.35 bits per heavy atom. The summed E-state index contributed by atoms with van der Waals surface area (Å²) >= 11 is 0. The topological polar surface area (TPSA) is 34.1 Å². The van der Waals surface area contributed by atoms with Gasteiger partial charge in [-0.05, 0) is 50.8 Å². The summed E-state index contributed by atoms with van der Waals surface area (Å²) in [5.74, 6) is 0.121. The van der Waals surface area contributed by atoms with Crippen LogP contribution in [0.25, 0.3) is 0 Å². The normalized spacial score (nSPS) is 12.0. The van der Waals surface area contributed by atoms with Gasteiger partial charge >= 0.3 is 0 Å². The highest BCUT2D eigenvalue weighted by Gasteiger charge is 2.14. The fraction of sp³-hybridized carbons (Fsp3) is 0.625. The van der Waals surface area contributed by atoms with Crippen molar-refractivity contribution in [3.63, 3.8) is 0 Å². The first kappa shape index (κ1) is 17.2. The molecule has 114 valence electrons. The number of sulfone groups is 1. The van der Waals surface area contributed by atoms with E-state index in [-0.39, 0.29) is 11.1 Å². The lowest BCUT2D eigenvalue weighted by Gasteiger charge is -2.07. The molecule has 0 aliphatic rings. The molecule has 0 saturated carbocycles. The van der Waals surface area contributed by atoms with Gasteiger partial charge in [-0.3, -0.25) is 0 Å². The second-order valence-electron chi connectivity index (χ2n) is 5.56. The maximum absolute atomic E-state index is 13.0. The number of rotatable bonds is 9. The Kier molecular flexibility index (Phi) is 7.20. The molecule has 20 heavy (non-hydrogen) atoms. The number of aryl methyl sites for hydroxylation is 1. The van der Waals surface area contributed by atoms with E-state index in [4.69, 9.17) is 0 Å². The second kappa shape index (κ2) is 8.40. The van der Waals surface area contributed by atoms with Gasteiger partial charge in [-0.25, -0.2) is 12.8 Å². The maximum Gasteiger partial charge on any atom is 0.152 e. The largest absolute Gasteiger partial charge is 0.229 e. The number of halogens is 1. The first-order valence-electron chi connectivity index (χ1n) is 7.38. The van der Waals surface area contributed by atoms with Gasteiger partial charge in [0, 0.05) is 0 Å². The molecular weight excluding hydrogens is 275 g/mol. The van der Waals surface area contributed by atoms with Crippen molar-refractivity contribution in [2.45, 2.75) is 57.6 Å². The van der Waals surface area contributed by atoms with Crippen molar-refractivity contribution in [2.75, 3.05) is 5.75 Å². The van der Waals surface area contributed by atoms with E-state index in [0.29, 0.717) is 5.75 Å². The maximum atomic E-state index is 13.0. The number of hydrogen-bond donors (Lipinski definition) is 0. The molecule has 2 nitrogen and oxygen atoms in total. The van der Waals surface area contributed by atoms with E-state index >= 15 is 0 Å². The van der Waals surface area contributed by atoms with Gasteiger partial charge in [0.05, 0.1) is 11.0 Å². The van der Waals surface area contributed by atoms with E-state index in [9.17, 15) is 12.8 Å². The lowest BCUT2D eigenvalue weighted by molar-refractivity contribution is 0.577. The summed E-state index contributed by atoms with van der Waals surface area (Å²) in [6.07, 6.45) is 5.74. The van der Waals surface area contributed by atoms with Crippen LogP contribution in [0.3, 0.4) is 0 Å². The van der Waals surface area contributed by atoms with Gasteiger partial charge < -0.3 is 0 Å². The summed E-state index contributed by atoms with van der Waals surface area (Å²) in [6, 6.07) is 6.72. The van der Waals surface area contributed by atoms with Gasteiger partial charge in [0.1, 0.15) is 5.82 Å². The molecule has 0 radical (unpaired) electrons. The first-order chi connectivity index (χ1) is 9.42. The quantitative estimate of drug-likeness (QED) is 0.642. The predicted octanol–water partition coefficient (Wildman–Crippen LogP) is 4.14. The molecule has 0 aromatic heterocycles. The SMILES string of the molecule is CC(C)S(=O)(=O)CCCCCCCc1cccc(F)c1. The molecule has 1 aromatic rings. The highest BCUT2D eigenvalue weighted by Crippen LogP contribution is 2.11. The standard InChI is InChI=1S/C16H25FO2S/c1-14(2)20(18,19)12-7-5-3-4-6-9-15-10-8-11-16(17)13-15/h8,10-11,13-14H,3-7,9,12H2,1-2H3. The lowest BCUT2D eigenvalue weighted by atomic mass is 10.1. The van der Waals surface area contributed by atoms with E-state index < -0.39 is 9.84 Å². The molecule has 0 N–H and O–H groups in total. The zero-order valence-corrected chi connectivity index (χ0v) is 13.3. The minimum Gasteiger partial charge on any atom is -0.229 e. The van der Waals surface area contributed by atoms with E-state index in [1.807, 2.05) is 6.07 Å². The van der Waals surface area contributed by atoms with Gasteiger partial charge in [0.2, 0.25) is 0 Å². The monoisotopic (exact) mass is 300 g/mol. The van der Waals surface area contributed by atoms with Gasteiger partial charge in [0.25, 0.3) is 0 Å². The van der Waals surface area contributed by atoms with Crippen LogP contribution >= 0.6 is 0 Å². The van der Waals surface area contributed by atoms with Crippen LogP contribution in [0.4, 0.5) is 4.39 Å². The molecule has 1 aromatic carbocycles. The Balaban J connectivity index is 2.09. The van der Waals surface area contributed by atoms with Gasteiger partial charge in [-0.15, -0.1) is 0 Å². The molecule has 0 amide bonds. The van der Waals surface area contributed by atoms with Gasteiger partial charge in [0.15, 0.2) is 9.84 Å². The summed E-state index contributed by atoms with van der Waals surface area (Å²) in [4.78, 5) is 0. The Labute approximate surface area is 122 Å². The van der Waals surface area contributed by atoms with Crippen LogP contribution in [0.1, 0.15) is 51.5 Å². The van der Waals surface area contributed by atoms with Crippen LogP contribution < -0.4 is 0 Å². The summed E-state index contributed by atoms with van der Waals surface area (Å²) in [5.41, 5.74) is 1.03. The van der Waals surface area contributed by atoms with Crippen molar-refractivity contribution in [3.05, 3.63) is 35.6 Å². The van der Waals surface area contributed by atoms with Crippen LogP contribution in [0.15, 0.2) is 24.3 Å². The Hall–Kier alpha value is -0.900. The van der Waals surface area contributed by atoms with Crippen LogP contribution in [0.5, 0.6) is 0 Å². The van der Waals surface area contributed by atoms with Gasteiger partial charge in [-0.1, -0.05) is 31.4 Å². The van der Waals surface area contributed by atoms with E-state index in [1.165, 1.54) is 6.07 Å². The molecule has 0 heterocycles. The van der Waals surface area contributed by atoms with Crippen molar-refractivity contribution in [1.29, 1.82) is 0 Å². The highest BCUT2D eigenvalue weighted by atomic mass is 32.2. The zero-order valence-electron chi connectivity index (χ0n) is 12.4. The second-order valence-corrected chi connectivity index (χ2v) is 8.24. The molecule has 0 spiro atoms. The fourth-order valence-corrected chi connectivity index (χ4v) is 3.17. The highest BCUT2D eigenvalue weighted by molar-refractivity contribution is 7.91. The van der Waals surface area contributed by atoms with E-state index in [0.717, 1.165) is 44.1 Å². The smallest absolute Gasteiger partial charge is 0.152 e. The third-order valence-electron chi connectivity index (χ3n) is 3.50. The molecular formula is C16H25FO2S. The summed E-state index contributed by atoms with van der Waals surface area (Å²) in [6.45, 7) is 3.46. The average Bonchev–Trinajstić information content (AvgIpc) is 2.37. The molecule has 4 heteroatoms. The lowest BCUT2D eigenvalue weighted by Crippen LogP contribution is -2.17. The van der Waals surface area contributed by atoms with Crippen molar-refractivity contribution in [2.24, 2.45) is 0 Å². The minimum atomic E-state index is -2.88. The Bertz CT molecular complexity index is 495. The molecule has 0 atom stereocenters. The third kappa shape index (κ3) is 6.51. The fourth-order valence-electron chi connectivity index (χ4n) is 2.09. The van der Waals surface area contributed by atoms with Crippen molar-refractivity contribution in [1.82, 2.24) is 0 Å². The average molecular weight is 300 g/mol. The minimum absolute atomic E-state index is 0.179. The summed E-state index contributed by atoms with van der Waals surface area (Å²) in [5, 5.41) is -0.268. The number of benzene rings is 1.